The minimum Gasteiger partial charge on any atom is -0.192 e. The summed E-state index contributed by atoms with van der Waals surface area (Å²) in [6.45, 7) is 6.14. The van der Waals surface area contributed by atoms with Crippen molar-refractivity contribution in [2.45, 2.75) is 46.5 Å². The Morgan fingerprint density at radius 3 is 2.20 bits per heavy atom. The Morgan fingerprint density at radius 2 is 1.87 bits per heavy atom. The molecule has 80 valence electrons. The zero-order valence-electron chi connectivity index (χ0n) is 9.93. The lowest BCUT2D eigenvalue weighted by molar-refractivity contribution is 0.893. The normalized spacial score (nSPS) is 12.7. The number of hydrogen-bond donors (Lipinski definition) is 0. The van der Waals surface area contributed by atoms with Crippen molar-refractivity contribution >= 4 is 0 Å². The molecule has 0 saturated carbocycles. The van der Waals surface area contributed by atoms with Crippen molar-refractivity contribution in [2.75, 3.05) is 0 Å². The molecule has 0 aromatic carbocycles. The Kier molecular flexibility index (Phi) is 7.12. The van der Waals surface area contributed by atoms with Gasteiger partial charge in [0.1, 0.15) is 6.07 Å². The largest absolute Gasteiger partial charge is 0.192 e. The van der Waals surface area contributed by atoms with Crippen LogP contribution in [0.2, 0.25) is 0 Å². The third-order valence-electron chi connectivity index (χ3n) is 2.28. The predicted octanol–water partition coefficient (Wildman–Crippen LogP) is 3.99. The fourth-order valence-electron chi connectivity index (χ4n) is 1.54. The number of hydrogen-bond acceptors (Lipinski definition) is 1. The summed E-state index contributed by atoms with van der Waals surface area (Å²) < 4.78 is 0. The average molecular weight is 201 g/mol. The molecular weight excluding hydrogens is 182 g/mol. The molecule has 0 aliphatic rings. The highest BCUT2D eigenvalue weighted by Gasteiger charge is 2.08. The molecule has 0 atom stereocenters. The van der Waals surface area contributed by atoms with E-state index in [9.17, 15) is 0 Å². The van der Waals surface area contributed by atoms with Gasteiger partial charge in [0.2, 0.25) is 0 Å². The van der Waals surface area contributed by atoms with Crippen molar-refractivity contribution in [2.24, 2.45) is 0 Å². The van der Waals surface area contributed by atoms with Gasteiger partial charge < -0.3 is 0 Å². The molecule has 0 N–H and O–H groups in total. The summed E-state index contributed by atoms with van der Waals surface area (Å²) in [6, 6.07) is 2.24. The fourth-order valence-corrected chi connectivity index (χ4v) is 1.54. The number of nitriles is 1. The minimum absolute atomic E-state index is 0.712. The Labute approximate surface area is 93.5 Å². The molecule has 0 aromatic heterocycles. The quantitative estimate of drug-likeness (QED) is 0.375. The monoisotopic (exact) mass is 201 g/mol. The molecule has 0 bridgehead atoms. The molecule has 0 amide bonds. The number of terminal acetylenes is 1. The standard InChI is InChI=1S/C14H19N/c1-5-9-12(7-3)14(11-15)13(8-4)10-6-2/h3,8H,5-6,9-10H2,1-2,4H3/b13-8-,14-12+. The van der Waals surface area contributed by atoms with Crippen molar-refractivity contribution in [1.82, 2.24) is 0 Å². The first-order valence-electron chi connectivity index (χ1n) is 5.50. The van der Waals surface area contributed by atoms with Gasteiger partial charge in [0.25, 0.3) is 0 Å². The molecule has 15 heavy (non-hydrogen) atoms. The predicted molar refractivity (Wildman–Crippen MR) is 65.0 cm³/mol. The molecule has 1 nitrogen and oxygen atoms in total. The fraction of sp³-hybridized carbons (Fsp3) is 0.500. The molecule has 0 aromatic rings. The highest BCUT2D eigenvalue weighted by atomic mass is 14.3. The van der Waals surface area contributed by atoms with Crippen LogP contribution < -0.4 is 0 Å². The Bertz CT molecular complexity index is 331. The maximum absolute atomic E-state index is 9.14. The van der Waals surface area contributed by atoms with Crippen LogP contribution in [0.3, 0.4) is 0 Å². The first kappa shape index (κ1) is 13.5. The Hall–Kier alpha value is -1.47. The second-order valence-corrected chi connectivity index (χ2v) is 3.42. The summed E-state index contributed by atoms with van der Waals surface area (Å²) in [5, 5.41) is 9.14. The summed E-state index contributed by atoms with van der Waals surface area (Å²) in [6.07, 6.45) is 11.2. The molecule has 0 saturated heterocycles. The lowest BCUT2D eigenvalue weighted by Gasteiger charge is -2.07. The van der Waals surface area contributed by atoms with Crippen molar-refractivity contribution < 1.29 is 0 Å². The lowest BCUT2D eigenvalue weighted by atomic mass is 9.95. The summed E-state index contributed by atoms with van der Waals surface area (Å²) in [4.78, 5) is 0. The van der Waals surface area contributed by atoms with E-state index < -0.39 is 0 Å². The number of rotatable bonds is 5. The van der Waals surface area contributed by atoms with E-state index in [0.717, 1.165) is 36.8 Å². The van der Waals surface area contributed by atoms with Crippen molar-refractivity contribution in [3.8, 4) is 18.4 Å². The second-order valence-electron chi connectivity index (χ2n) is 3.42. The van der Waals surface area contributed by atoms with E-state index in [4.69, 9.17) is 11.7 Å². The Morgan fingerprint density at radius 1 is 1.27 bits per heavy atom. The second kappa shape index (κ2) is 7.89. The van der Waals surface area contributed by atoms with E-state index in [0.29, 0.717) is 5.57 Å². The highest BCUT2D eigenvalue weighted by molar-refractivity contribution is 5.50. The van der Waals surface area contributed by atoms with Gasteiger partial charge in [-0.25, -0.2) is 0 Å². The van der Waals surface area contributed by atoms with Crippen molar-refractivity contribution in [3.63, 3.8) is 0 Å². The number of allylic oxidation sites excluding steroid dienone is 4. The summed E-state index contributed by atoms with van der Waals surface area (Å²) in [5.74, 6) is 2.64. The molecular formula is C14H19N. The van der Waals surface area contributed by atoms with Crippen LogP contribution in [0.1, 0.15) is 46.5 Å². The molecule has 0 rings (SSSR count). The van der Waals surface area contributed by atoms with E-state index in [-0.39, 0.29) is 0 Å². The van der Waals surface area contributed by atoms with Crippen molar-refractivity contribution in [3.05, 3.63) is 22.8 Å². The van der Waals surface area contributed by atoms with E-state index in [2.05, 4.69) is 25.8 Å². The highest BCUT2D eigenvalue weighted by Crippen LogP contribution is 2.21. The SMILES string of the molecule is C#C/C(CCC)=C(C#N)\C(=C/C)CCC. The van der Waals surface area contributed by atoms with Gasteiger partial charge in [-0.2, -0.15) is 5.26 Å². The van der Waals surface area contributed by atoms with Gasteiger partial charge in [-0.05, 0) is 25.3 Å². The minimum atomic E-state index is 0.712. The maximum atomic E-state index is 9.14. The van der Waals surface area contributed by atoms with Gasteiger partial charge in [0, 0.05) is 5.57 Å². The van der Waals surface area contributed by atoms with Crippen molar-refractivity contribution in [1.29, 1.82) is 5.26 Å². The molecule has 0 unspecified atom stereocenters. The summed E-state index contributed by atoms with van der Waals surface area (Å²) in [7, 11) is 0. The maximum Gasteiger partial charge on any atom is 0.100 e. The molecule has 0 heterocycles. The van der Waals surface area contributed by atoms with E-state index in [1.54, 1.807) is 0 Å². The van der Waals surface area contributed by atoms with Crippen LogP contribution in [-0.2, 0) is 0 Å². The molecule has 0 aliphatic carbocycles. The van der Waals surface area contributed by atoms with Gasteiger partial charge in [0.15, 0.2) is 0 Å². The lowest BCUT2D eigenvalue weighted by Crippen LogP contribution is -1.93. The topological polar surface area (TPSA) is 23.8 Å². The molecule has 0 fully saturated rings. The Balaban J connectivity index is 5.19. The van der Waals surface area contributed by atoms with Gasteiger partial charge in [0.05, 0.1) is 5.57 Å². The van der Waals surface area contributed by atoms with Crippen LogP contribution in [0.25, 0.3) is 0 Å². The van der Waals surface area contributed by atoms with Crippen LogP contribution in [0.4, 0.5) is 0 Å². The third-order valence-corrected chi connectivity index (χ3v) is 2.28. The number of nitrogens with zero attached hydrogens (tertiary/aromatic N) is 1. The van der Waals surface area contributed by atoms with Gasteiger partial charge in [-0.1, -0.05) is 38.7 Å². The zero-order chi connectivity index (χ0) is 11.7. The van der Waals surface area contributed by atoms with Crippen LogP contribution >= 0.6 is 0 Å². The van der Waals surface area contributed by atoms with Crippen LogP contribution in [-0.4, -0.2) is 0 Å². The smallest absolute Gasteiger partial charge is 0.100 e. The molecule has 0 spiro atoms. The average Bonchev–Trinajstić information content (AvgIpc) is 2.27. The van der Waals surface area contributed by atoms with Gasteiger partial charge in [-0.3, -0.25) is 0 Å². The van der Waals surface area contributed by atoms with Gasteiger partial charge >= 0.3 is 0 Å². The zero-order valence-corrected chi connectivity index (χ0v) is 9.93. The molecule has 1 heteroatoms. The first-order chi connectivity index (χ1) is 7.24. The molecule has 0 radical (unpaired) electrons. The van der Waals surface area contributed by atoms with E-state index in [1.165, 1.54) is 0 Å². The first-order valence-corrected chi connectivity index (χ1v) is 5.50. The van der Waals surface area contributed by atoms with Gasteiger partial charge in [-0.15, -0.1) is 6.42 Å². The molecule has 0 aliphatic heterocycles. The third kappa shape index (κ3) is 4.05. The van der Waals surface area contributed by atoms with Crippen LogP contribution in [0.5, 0.6) is 0 Å². The van der Waals surface area contributed by atoms with Crippen LogP contribution in [0, 0.1) is 23.7 Å². The van der Waals surface area contributed by atoms with Crippen LogP contribution in [0.15, 0.2) is 22.8 Å². The van der Waals surface area contributed by atoms with E-state index in [1.807, 2.05) is 13.0 Å². The summed E-state index contributed by atoms with van der Waals surface area (Å²) in [5.41, 5.74) is 2.65. The van der Waals surface area contributed by atoms with E-state index >= 15 is 0 Å². The summed E-state index contributed by atoms with van der Waals surface area (Å²) >= 11 is 0.